The minimum Gasteiger partial charge on any atom is -0.466 e. The lowest BCUT2D eigenvalue weighted by atomic mass is 9.84. The maximum Gasteiger partial charge on any atom is 0.306 e. The van der Waals surface area contributed by atoms with Gasteiger partial charge in [0.05, 0.1) is 6.61 Å². The number of esters is 1. The van der Waals surface area contributed by atoms with E-state index in [1.165, 1.54) is 6.42 Å². The predicted molar refractivity (Wildman–Crippen MR) is 82.0 cm³/mol. The molecule has 0 saturated carbocycles. The largest absolute Gasteiger partial charge is 0.466 e. The van der Waals surface area contributed by atoms with Crippen LogP contribution in [0, 0.1) is 23.2 Å². The quantitative estimate of drug-likeness (QED) is 0.576. The highest BCUT2D eigenvalue weighted by Crippen LogP contribution is 2.26. The first kappa shape index (κ1) is 18.5. The summed E-state index contributed by atoms with van der Waals surface area (Å²) >= 11 is 0. The fourth-order valence-corrected chi connectivity index (χ4v) is 2.76. The van der Waals surface area contributed by atoms with Crippen molar-refractivity contribution in [3.05, 3.63) is 0 Å². The van der Waals surface area contributed by atoms with Gasteiger partial charge in [-0.05, 0) is 42.4 Å². The minimum absolute atomic E-state index is 0.0338. The van der Waals surface area contributed by atoms with Crippen LogP contribution >= 0.6 is 0 Å². The van der Waals surface area contributed by atoms with Crippen LogP contribution < -0.4 is 0 Å². The van der Waals surface area contributed by atoms with Crippen LogP contribution in [0.3, 0.4) is 0 Å². The second-order valence-corrected chi connectivity index (χ2v) is 7.82. The topological polar surface area (TPSA) is 26.3 Å². The Morgan fingerprint density at radius 2 is 1.63 bits per heavy atom. The molecular weight excluding hydrogens is 236 g/mol. The van der Waals surface area contributed by atoms with Gasteiger partial charge in [0.15, 0.2) is 0 Å². The average molecular weight is 270 g/mol. The first-order valence-electron chi connectivity index (χ1n) is 7.75. The summed E-state index contributed by atoms with van der Waals surface area (Å²) in [6.45, 7) is 16.0. The average Bonchev–Trinajstić information content (AvgIpc) is 2.12. The van der Waals surface area contributed by atoms with Gasteiger partial charge in [0.2, 0.25) is 0 Å². The normalized spacial score (nSPS) is 15.4. The standard InChI is InChI=1S/C17H34O2/c1-13(2)10-14(3)8-9-19-16(18)11-15(4)12-17(5,6)7/h13-15H,8-12H2,1-7H3. The summed E-state index contributed by atoms with van der Waals surface area (Å²) in [4.78, 5) is 11.7. The van der Waals surface area contributed by atoms with Gasteiger partial charge < -0.3 is 4.74 Å². The van der Waals surface area contributed by atoms with Gasteiger partial charge >= 0.3 is 5.97 Å². The minimum atomic E-state index is -0.0338. The maximum absolute atomic E-state index is 11.7. The van der Waals surface area contributed by atoms with E-state index in [1.54, 1.807) is 0 Å². The maximum atomic E-state index is 11.7. The van der Waals surface area contributed by atoms with Crippen molar-refractivity contribution in [3.8, 4) is 0 Å². The molecule has 0 aliphatic rings. The molecule has 0 aromatic carbocycles. The van der Waals surface area contributed by atoms with Crippen LogP contribution in [0.2, 0.25) is 0 Å². The van der Waals surface area contributed by atoms with Crippen LogP contribution in [0.15, 0.2) is 0 Å². The van der Waals surface area contributed by atoms with E-state index in [4.69, 9.17) is 4.74 Å². The lowest BCUT2D eigenvalue weighted by molar-refractivity contribution is -0.145. The van der Waals surface area contributed by atoms with Crippen molar-refractivity contribution in [1.29, 1.82) is 0 Å². The van der Waals surface area contributed by atoms with Gasteiger partial charge in [-0.2, -0.15) is 0 Å². The number of hydrogen-bond donors (Lipinski definition) is 0. The van der Waals surface area contributed by atoms with E-state index >= 15 is 0 Å². The van der Waals surface area contributed by atoms with E-state index < -0.39 is 0 Å². The molecule has 114 valence electrons. The molecule has 0 aromatic heterocycles. The summed E-state index contributed by atoms with van der Waals surface area (Å²) in [5.74, 6) is 1.73. The van der Waals surface area contributed by atoms with Gasteiger partial charge in [-0.25, -0.2) is 0 Å². The Bertz CT molecular complexity index is 250. The summed E-state index contributed by atoms with van der Waals surface area (Å²) in [5.41, 5.74) is 0.283. The predicted octanol–water partition coefficient (Wildman–Crippen LogP) is 5.06. The molecular formula is C17H34O2. The third-order valence-electron chi connectivity index (χ3n) is 3.22. The zero-order valence-electron chi connectivity index (χ0n) is 14.1. The molecule has 2 heteroatoms. The number of carbonyl (C=O) groups excluding carboxylic acids is 1. The molecule has 0 heterocycles. The van der Waals surface area contributed by atoms with E-state index in [9.17, 15) is 4.79 Å². The Morgan fingerprint density at radius 1 is 1.05 bits per heavy atom. The van der Waals surface area contributed by atoms with Crippen molar-refractivity contribution in [2.75, 3.05) is 6.61 Å². The summed E-state index contributed by atoms with van der Waals surface area (Å²) in [7, 11) is 0. The highest BCUT2D eigenvalue weighted by atomic mass is 16.5. The lowest BCUT2D eigenvalue weighted by Crippen LogP contribution is -2.16. The molecule has 0 rings (SSSR count). The molecule has 0 bridgehead atoms. The molecule has 0 amide bonds. The summed E-state index contributed by atoms with van der Waals surface area (Å²) in [6.07, 6.45) is 3.80. The van der Waals surface area contributed by atoms with Crippen molar-refractivity contribution < 1.29 is 9.53 Å². The first-order chi connectivity index (χ1) is 8.60. The smallest absolute Gasteiger partial charge is 0.306 e. The van der Waals surface area contributed by atoms with Crippen LogP contribution in [0.25, 0.3) is 0 Å². The number of rotatable bonds is 8. The Balaban J connectivity index is 3.76. The second kappa shape index (κ2) is 8.60. The molecule has 0 aliphatic carbocycles. The van der Waals surface area contributed by atoms with Gasteiger partial charge in [0.1, 0.15) is 0 Å². The zero-order valence-corrected chi connectivity index (χ0v) is 14.1. The van der Waals surface area contributed by atoms with Crippen LogP contribution in [0.5, 0.6) is 0 Å². The van der Waals surface area contributed by atoms with Crippen LogP contribution in [-0.4, -0.2) is 12.6 Å². The Labute approximate surface area is 120 Å². The third kappa shape index (κ3) is 12.3. The van der Waals surface area contributed by atoms with Gasteiger partial charge in [-0.1, -0.05) is 48.5 Å². The van der Waals surface area contributed by atoms with Gasteiger partial charge in [0, 0.05) is 6.42 Å². The molecule has 2 unspecified atom stereocenters. The molecule has 0 spiro atoms. The molecule has 19 heavy (non-hydrogen) atoms. The SMILES string of the molecule is CC(C)CC(C)CCOC(=O)CC(C)CC(C)(C)C. The summed E-state index contributed by atoms with van der Waals surface area (Å²) < 4.78 is 5.34. The van der Waals surface area contributed by atoms with E-state index in [-0.39, 0.29) is 11.4 Å². The molecule has 0 radical (unpaired) electrons. The fraction of sp³-hybridized carbons (Fsp3) is 0.941. The highest BCUT2D eigenvalue weighted by molar-refractivity contribution is 5.69. The monoisotopic (exact) mass is 270 g/mol. The Hall–Kier alpha value is -0.530. The van der Waals surface area contributed by atoms with Gasteiger partial charge in [-0.15, -0.1) is 0 Å². The highest BCUT2D eigenvalue weighted by Gasteiger charge is 2.18. The molecule has 0 fully saturated rings. The fourth-order valence-electron chi connectivity index (χ4n) is 2.76. The molecule has 0 N–H and O–H groups in total. The molecule has 0 saturated heterocycles. The van der Waals surface area contributed by atoms with Gasteiger partial charge in [-0.3, -0.25) is 4.79 Å². The van der Waals surface area contributed by atoms with Crippen molar-refractivity contribution in [2.24, 2.45) is 23.2 Å². The molecule has 2 nitrogen and oxygen atoms in total. The Kier molecular flexibility index (Phi) is 8.36. The molecule has 0 aromatic rings. The van der Waals surface area contributed by atoms with Crippen LogP contribution in [-0.2, 0) is 9.53 Å². The number of carbonyl (C=O) groups is 1. The number of hydrogen-bond acceptors (Lipinski definition) is 2. The second-order valence-electron chi connectivity index (χ2n) is 7.82. The van der Waals surface area contributed by atoms with Crippen LogP contribution in [0.1, 0.15) is 74.1 Å². The lowest BCUT2D eigenvalue weighted by Gasteiger charge is -2.22. The summed E-state index contributed by atoms with van der Waals surface area (Å²) in [6, 6.07) is 0. The zero-order chi connectivity index (χ0) is 15.1. The summed E-state index contributed by atoms with van der Waals surface area (Å²) in [5, 5.41) is 0. The van der Waals surface area contributed by atoms with E-state index in [0.29, 0.717) is 24.9 Å². The van der Waals surface area contributed by atoms with Crippen molar-refractivity contribution in [3.63, 3.8) is 0 Å². The number of ether oxygens (including phenoxy) is 1. The Morgan fingerprint density at radius 3 is 2.11 bits per heavy atom. The van der Waals surface area contributed by atoms with E-state index in [0.717, 1.165) is 18.8 Å². The van der Waals surface area contributed by atoms with Crippen molar-refractivity contribution >= 4 is 5.97 Å². The molecule has 2 atom stereocenters. The van der Waals surface area contributed by atoms with E-state index in [2.05, 4.69) is 48.5 Å². The van der Waals surface area contributed by atoms with Crippen LogP contribution in [0.4, 0.5) is 0 Å². The molecule has 0 aliphatic heterocycles. The van der Waals surface area contributed by atoms with Gasteiger partial charge in [0.25, 0.3) is 0 Å². The van der Waals surface area contributed by atoms with Crippen molar-refractivity contribution in [2.45, 2.75) is 74.1 Å². The first-order valence-corrected chi connectivity index (χ1v) is 7.75. The van der Waals surface area contributed by atoms with Crippen molar-refractivity contribution in [1.82, 2.24) is 0 Å². The third-order valence-corrected chi connectivity index (χ3v) is 3.22. The van der Waals surface area contributed by atoms with E-state index in [1.807, 2.05) is 0 Å².